The maximum Gasteiger partial charge on any atom is 0.141 e. The van der Waals surface area contributed by atoms with Crippen LogP contribution in [0.1, 0.15) is 25.7 Å². The number of rotatable bonds is 4. The van der Waals surface area contributed by atoms with Gasteiger partial charge in [-0.15, -0.1) is 11.3 Å². The Morgan fingerprint density at radius 2 is 2.03 bits per heavy atom. The first-order valence-electron chi connectivity index (χ1n) is 10.9. The van der Waals surface area contributed by atoms with Crippen molar-refractivity contribution < 1.29 is 5.11 Å². The first-order valence-corrected chi connectivity index (χ1v) is 11.7. The van der Waals surface area contributed by atoms with E-state index in [1.165, 1.54) is 24.3 Å². The first-order chi connectivity index (χ1) is 15.0. The Kier molecular flexibility index (Phi) is 4.33. The Morgan fingerprint density at radius 3 is 2.81 bits per heavy atom. The quantitative estimate of drug-likeness (QED) is 0.449. The molecule has 4 atom stereocenters. The van der Waals surface area contributed by atoms with E-state index in [-0.39, 0.29) is 5.75 Å². The van der Waals surface area contributed by atoms with Crippen LogP contribution >= 0.6 is 11.3 Å². The standard InChI is InChI=1S/C23H26N6OS/c1-28(18-6-15-4-14(15)5-17(24)8-18)23-9-19-22(31-23)12-29(27-19)20-3-2-13(7-21(20)30)16-10-25-26-11-16/h2-3,7,9-12,14-15,17-18,30H,4-6,8,24H2,1H3,(H,25,26)/t14?,15-,17?,18?/m0/s1. The number of hydrogen-bond acceptors (Lipinski definition) is 6. The van der Waals surface area contributed by atoms with E-state index in [2.05, 4.69) is 28.2 Å². The Hall–Kier alpha value is -2.84. The largest absolute Gasteiger partial charge is 0.506 e. The third kappa shape index (κ3) is 3.40. The Morgan fingerprint density at radius 1 is 1.16 bits per heavy atom. The minimum atomic E-state index is 0.192. The fraction of sp³-hybridized carbons (Fsp3) is 0.391. The summed E-state index contributed by atoms with van der Waals surface area (Å²) in [7, 11) is 2.19. The number of fused-ring (bicyclic) bond motifs is 2. The fourth-order valence-electron chi connectivity index (χ4n) is 5.08. The predicted molar refractivity (Wildman–Crippen MR) is 124 cm³/mol. The SMILES string of the molecule is CN(c1cc2nn(-c3ccc(-c4cn[nH]c4)cc3O)cc2s1)C1CC(N)CC2C[C@H]2C1. The molecule has 0 radical (unpaired) electrons. The number of thiophene rings is 1. The Bertz CT molecular complexity index is 1190. The number of aromatic hydroxyl groups is 1. The third-order valence-corrected chi connectivity index (χ3v) is 8.10. The molecule has 0 amide bonds. The van der Waals surface area contributed by atoms with E-state index in [4.69, 9.17) is 10.8 Å². The summed E-state index contributed by atoms with van der Waals surface area (Å²) in [6.07, 6.45) is 10.4. The van der Waals surface area contributed by atoms with Gasteiger partial charge in [-0.1, -0.05) is 6.07 Å². The lowest BCUT2D eigenvalue weighted by molar-refractivity contribution is 0.471. The number of hydrogen-bond donors (Lipinski definition) is 3. The molecule has 4 N–H and O–H groups in total. The highest BCUT2D eigenvalue weighted by molar-refractivity contribution is 7.22. The van der Waals surface area contributed by atoms with E-state index < -0.39 is 0 Å². The summed E-state index contributed by atoms with van der Waals surface area (Å²) in [5.74, 6) is 1.93. The monoisotopic (exact) mass is 434 g/mol. The molecule has 2 fully saturated rings. The van der Waals surface area contributed by atoms with Crippen molar-refractivity contribution in [3.63, 3.8) is 0 Å². The van der Waals surface area contributed by atoms with E-state index >= 15 is 0 Å². The summed E-state index contributed by atoms with van der Waals surface area (Å²) >= 11 is 1.75. The molecule has 4 aromatic rings. The summed E-state index contributed by atoms with van der Waals surface area (Å²) in [5, 5.41) is 23.3. The number of H-pyrrole nitrogens is 1. The van der Waals surface area contributed by atoms with Crippen LogP contribution in [-0.4, -0.2) is 44.2 Å². The van der Waals surface area contributed by atoms with Crippen LogP contribution in [0, 0.1) is 11.8 Å². The van der Waals surface area contributed by atoms with Gasteiger partial charge in [-0.2, -0.15) is 10.2 Å². The maximum absolute atomic E-state index is 10.6. The minimum absolute atomic E-state index is 0.192. The van der Waals surface area contributed by atoms with Crippen molar-refractivity contribution in [2.75, 3.05) is 11.9 Å². The average Bonchev–Trinajstić information content (AvgIpc) is 3.11. The summed E-state index contributed by atoms with van der Waals surface area (Å²) in [6, 6.07) is 8.58. The molecule has 31 heavy (non-hydrogen) atoms. The highest BCUT2D eigenvalue weighted by Crippen LogP contribution is 2.49. The molecule has 8 heteroatoms. The highest BCUT2D eigenvalue weighted by atomic mass is 32.1. The van der Waals surface area contributed by atoms with Crippen LogP contribution in [0.3, 0.4) is 0 Å². The lowest BCUT2D eigenvalue weighted by Crippen LogP contribution is -2.36. The maximum atomic E-state index is 10.6. The molecule has 3 heterocycles. The molecule has 3 aromatic heterocycles. The van der Waals surface area contributed by atoms with Gasteiger partial charge in [0.25, 0.3) is 0 Å². The molecule has 0 spiro atoms. The Labute approximate surface area is 184 Å². The van der Waals surface area contributed by atoms with Crippen molar-refractivity contribution >= 4 is 26.6 Å². The van der Waals surface area contributed by atoms with Crippen molar-refractivity contribution in [1.82, 2.24) is 20.0 Å². The van der Waals surface area contributed by atoms with Crippen molar-refractivity contribution in [3.8, 4) is 22.6 Å². The van der Waals surface area contributed by atoms with Gasteiger partial charge in [0.2, 0.25) is 0 Å². The van der Waals surface area contributed by atoms with Gasteiger partial charge in [0.05, 0.1) is 15.9 Å². The zero-order chi connectivity index (χ0) is 21.1. The van der Waals surface area contributed by atoms with Crippen LogP contribution in [-0.2, 0) is 0 Å². The van der Waals surface area contributed by atoms with Crippen LogP contribution in [0.25, 0.3) is 27.0 Å². The minimum Gasteiger partial charge on any atom is -0.506 e. The molecule has 0 aliphatic heterocycles. The molecular weight excluding hydrogens is 408 g/mol. The van der Waals surface area contributed by atoms with Crippen LogP contribution in [0.4, 0.5) is 5.00 Å². The van der Waals surface area contributed by atoms with Gasteiger partial charge < -0.3 is 15.7 Å². The summed E-state index contributed by atoms with van der Waals surface area (Å²) in [4.78, 5) is 2.41. The van der Waals surface area contributed by atoms with E-state index in [1.807, 2.05) is 18.3 Å². The molecule has 2 aliphatic carbocycles. The Balaban J connectivity index is 1.25. The number of nitrogens with one attached hydrogen (secondary N) is 1. The van der Waals surface area contributed by atoms with Crippen molar-refractivity contribution in [2.45, 2.75) is 37.8 Å². The smallest absolute Gasteiger partial charge is 0.141 e. The fourth-order valence-corrected chi connectivity index (χ4v) is 6.12. The lowest BCUT2D eigenvalue weighted by Gasteiger charge is -2.29. The number of anilines is 1. The van der Waals surface area contributed by atoms with Crippen molar-refractivity contribution in [1.29, 1.82) is 0 Å². The number of benzene rings is 1. The predicted octanol–water partition coefficient (Wildman–Crippen LogP) is 4.13. The molecule has 0 bridgehead atoms. The van der Waals surface area contributed by atoms with Gasteiger partial charge in [0.1, 0.15) is 17.0 Å². The number of aromatic amines is 1. The van der Waals surface area contributed by atoms with Gasteiger partial charge in [-0.05, 0) is 55.2 Å². The zero-order valence-corrected chi connectivity index (χ0v) is 18.2. The van der Waals surface area contributed by atoms with Gasteiger partial charge in [0.15, 0.2) is 0 Å². The van der Waals surface area contributed by atoms with Crippen molar-refractivity contribution in [2.24, 2.45) is 17.6 Å². The molecule has 2 saturated carbocycles. The second-order valence-electron chi connectivity index (χ2n) is 9.09. The molecular formula is C23H26N6OS. The molecule has 0 saturated heterocycles. The summed E-state index contributed by atoms with van der Waals surface area (Å²) in [5.41, 5.74) is 9.85. The second-order valence-corrected chi connectivity index (χ2v) is 10.1. The lowest BCUT2D eigenvalue weighted by atomic mass is 10.0. The van der Waals surface area contributed by atoms with Gasteiger partial charge in [-0.3, -0.25) is 5.10 Å². The van der Waals surface area contributed by atoms with E-state index in [0.29, 0.717) is 17.8 Å². The number of phenolic OH excluding ortho intramolecular Hbond substituents is 1. The molecule has 7 nitrogen and oxygen atoms in total. The number of nitrogens with two attached hydrogens (primary N) is 1. The number of aromatic nitrogens is 4. The zero-order valence-electron chi connectivity index (χ0n) is 17.4. The average molecular weight is 435 g/mol. The van der Waals surface area contributed by atoms with E-state index in [1.54, 1.807) is 34.5 Å². The highest BCUT2D eigenvalue weighted by Gasteiger charge is 2.43. The molecule has 160 valence electrons. The van der Waals surface area contributed by atoms with Crippen LogP contribution in [0.5, 0.6) is 5.75 Å². The molecule has 2 aliphatic rings. The van der Waals surface area contributed by atoms with Crippen LogP contribution in [0.15, 0.2) is 42.9 Å². The van der Waals surface area contributed by atoms with Gasteiger partial charge >= 0.3 is 0 Å². The van der Waals surface area contributed by atoms with Gasteiger partial charge in [0, 0.05) is 43.2 Å². The van der Waals surface area contributed by atoms with Crippen LogP contribution in [0.2, 0.25) is 0 Å². The van der Waals surface area contributed by atoms with Gasteiger partial charge in [-0.25, -0.2) is 4.68 Å². The topological polar surface area (TPSA) is 96.0 Å². The van der Waals surface area contributed by atoms with Crippen molar-refractivity contribution in [3.05, 3.63) is 42.9 Å². The number of phenols is 1. The summed E-state index contributed by atoms with van der Waals surface area (Å²) in [6.45, 7) is 0. The normalized spacial score (nSPS) is 25.4. The molecule has 1 aromatic carbocycles. The van der Waals surface area contributed by atoms with E-state index in [0.717, 1.165) is 39.6 Å². The third-order valence-electron chi connectivity index (χ3n) is 6.96. The second kappa shape index (κ2) is 7.10. The molecule has 6 rings (SSSR count). The van der Waals surface area contributed by atoms with Crippen LogP contribution < -0.4 is 10.6 Å². The molecule has 3 unspecified atom stereocenters. The summed E-state index contributed by atoms with van der Waals surface area (Å²) < 4.78 is 2.87. The number of nitrogens with zero attached hydrogens (tertiary/aromatic N) is 4. The van der Waals surface area contributed by atoms with E-state index in [9.17, 15) is 5.11 Å². The first kappa shape index (κ1) is 18.9.